The molecule has 0 bridgehead atoms. The predicted molar refractivity (Wildman–Crippen MR) is 76.0 cm³/mol. The molecule has 0 aromatic heterocycles. The van der Waals surface area contributed by atoms with E-state index in [2.05, 4.69) is 15.8 Å². The zero-order valence-electron chi connectivity index (χ0n) is 10.4. The molecule has 0 aliphatic heterocycles. The van der Waals surface area contributed by atoms with E-state index in [1.54, 1.807) is 24.3 Å². The molecule has 0 fully saturated rings. The van der Waals surface area contributed by atoms with Crippen molar-refractivity contribution in [2.24, 2.45) is 5.10 Å². The summed E-state index contributed by atoms with van der Waals surface area (Å²) in [7, 11) is 0. The summed E-state index contributed by atoms with van der Waals surface area (Å²) in [5.41, 5.74) is 3.29. The number of hydrogen-bond donors (Lipinski definition) is 4. The lowest BCUT2D eigenvalue weighted by Crippen LogP contribution is -2.24. The zero-order chi connectivity index (χ0) is 14.4. The number of aromatic hydroxyl groups is 2. The van der Waals surface area contributed by atoms with Crippen molar-refractivity contribution >= 4 is 17.9 Å². The number of hydrazone groups is 1. The Labute approximate surface area is 115 Å². The molecule has 0 saturated carbocycles. The summed E-state index contributed by atoms with van der Waals surface area (Å²) in [6, 6.07) is 12.5. The molecular weight excluding hydrogens is 258 g/mol. The molecule has 4 N–H and O–H groups in total. The van der Waals surface area contributed by atoms with Crippen LogP contribution in [0.2, 0.25) is 0 Å². The number of urea groups is 1. The summed E-state index contributed by atoms with van der Waals surface area (Å²) in [6.45, 7) is 0. The van der Waals surface area contributed by atoms with Crippen LogP contribution in [0.4, 0.5) is 10.5 Å². The lowest BCUT2D eigenvalue weighted by atomic mass is 10.2. The largest absolute Gasteiger partial charge is 0.508 e. The lowest BCUT2D eigenvalue weighted by molar-refractivity contribution is 0.252. The van der Waals surface area contributed by atoms with Crippen LogP contribution in [0, 0.1) is 0 Å². The van der Waals surface area contributed by atoms with Gasteiger partial charge in [-0.2, -0.15) is 5.10 Å². The molecule has 6 nitrogen and oxygen atoms in total. The van der Waals surface area contributed by atoms with E-state index in [9.17, 15) is 9.90 Å². The van der Waals surface area contributed by atoms with Crippen molar-refractivity contribution in [2.75, 3.05) is 5.32 Å². The van der Waals surface area contributed by atoms with Crippen molar-refractivity contribution in [3.63, 3.8) is 0 Å². The van der Waals surface area contributed by atoms with Gasteiger partial charge in [0.1, 0.15) is 11.5 Å². The van der Waals surface area contributed by atoms with E-state index in [-0.39, 0.29) is 11.5 Å². The Morgan fingerprint density at radius 3 is 2.55 bits per heavy atom. The number of hydrogen-bond acceptors (Lipinski definition) is 4. The number of benzene rings is 2. The van der Waals surface area contributed by atoms with Gasteiger partial charge in [0.2, 0.25) is 0 Å². The Hall–Kier alpha value is -3.02. The normalized spacial score (nSPS) is 10.4. The number of phenols is 2. The molecule has 2 aromatic carbocycles. The van der Waals surface area contributed by atoms with Crippen LogP contribution in [0.5, 0.6) is 11.5 Å². The van der Waals surface area contributed by atoms with Crippen LogP contribution >= 0.6 is 0 Å². The van der Waals surface area contributed by atoms with Crippen LogP contribution < -0.4 is 10.7 Å². The molecular formula is C14H13N3O3. The molecule has 0 heterocycles. The first-order valence-corrected chi connectivity index (χ1v) is 5.82. The standard InChI is InChI=1S/C14H13N3O3/c18-12-7-6-10(13(19)8-12)9-15-17-14(20)16-11-4-2-1-3-5-11/h1-9,18-19H,(H2,16,17,20)/b15-9+. The van der Waals surface area contributed by atoms with Gasteiger partial charge < -0.3 is 15.5 Å². The molecule has 2 rings (SSSR count). The molecule has 0 aliphatic carbocycles. The maximum atomic E-state index is 11.5. The van der Waals surface area contributed by atoms with Gasteiger partial charge in [0.15, 0.2) is 0 Å². The Morgan fingerprint density at radius 2 is 1.85 bits per heavy atom. The highest BCUT2D eigenvalue weighted by atomic mass is 16.3. The second-order valence-electron chi connectivity index (χ2n) is 3.93. The Kier molecular flexibility index (Phi) is 4.18. The average Bonchev–Trinajstić information content (AvgIpc) is 2.42. The van der Waals surface area contributed by atoms with Crippen molar-refractivity contribution in [2.45, 2.75) is 0 Å². The smallest absolute Gasteiger partial charge is 0.339 e. The van der Waals surface area contributed by atoms with E-state index < -0.39 is 6.03 Å². The number of para-hydroxylation sites is 1. The van der Waals surface area contributed by atoms with Crippen LogP contribution in [0.15, 0.2) is 53.6 Å². The van der Waals surface area contributed by atoms with E-state index in [0.717, 1.165) is 0 Å². The molecule has 102 valence electrons. The third-order valence-electron chi connectivity index (χ3n) is 2.42. The molecule has 0 aliphatic rings. The van der Waals surface area contributed by atoms with Crippen LogP contribution in [0.3, 0.4) is 0 Å². The van der Waals surface area contributed by atoms with Gasteiger partial charge in [0, 0.05) is 17.3 Å². The number of amides is 2. The fraction of sp³-hybridized carbons (Fsp3) is 0. The number of carbonyl (C=O) groups is 1. The second kappa shape index (κ2) is 6.24. The summed E-state index contributed by atoms with van der Waals surface area (Å²) >= 11 is 0. The second-order valence-corrected chi connectivity index (χ2v) is 3.93. The number of nitrogens with zero attached hydrogens (tertiary/aromatic N) is 1. The van der Waals surface area contributed by atoms with E-state index in [1.807, 2.05) is 6.07 Å². The molecule has 0 saturated heterocycles. The molecule has 0 unspecified atom stereocenters. The van der Waals surface area contributed by atoms with Gasteiger partial charge in [-0.1, -0.05) is 18.2 Å². The summed E-state index contributed by atoms with van der Waals surface area (Å²) < 4.78 is 0. The Bertz CT molecular complexity index is 627. The van der Waals surface area contributed by atoms with Crippen molar-refractivity contribution in [3.05, 3.63) is 54.1 Å². The number of phenolic OH excluding ortho intramolecular Hbond substituents is 2. The maximum Gasteiger partial charge on any atom is 0.339 e. The quantitative estimate of drug-likeness (QED) is 0.509. The molecule has 2 amide bonds. The van der Waals surface area contributed by atoms with Crippen LogP contribution in [0.1, 0.15) is 5.56 Å². The van der Waals surface area contributed by atoms with E-state index >= 15 is 0 Å². The molecule has 0 spiro atoms. The number of rotatable bonds is 3. The highest BCUT2D eigenvalue weighted by molar-refractivity contribution is 5.90. The highest BCUT2D eigenvalue weighted by Gasteiger charge is 2.01. The van der Waals surface area contributed by atoms with Crippen molar-refractivity contribution in [1.29, 1.82) is 0 Å². The van der Waals surface area contributed by atoms with Gasteiger partial charge in [-0.25, -0.2) is 10.2 Å². The summed E-state index contributed by atoms with van der Waals surface area (Å²) in [5.74, 6) is -0.173. The predicted octanol–water partition coefficient (Wildman–Crippen LogP) is 2.25. The number of anilines is 1. The van der Waals surface area contributed by atoms with Crippen molar-refractivity contribution < 1.29 is 15.0 Å². The third-order valence-corrected chi connectivity index (χ3v) is 2.42. The number of carbonyl (C=O) groups excluding carboxylic acids is 1. The van der Waals surface area contributed by atoms with Crippen molar-refractivity contribution in [1.82, 2.24) is 5.43 Å². The van der Waals surface area contributed by atoms with Gasteiger partial charge in [0.25, 0.3) is 0 Å². The third kappa shape index (κ3) is 3.74. The van der Waals surface area contributed by atoms with Crippen molar-refractivity contribution in [3.8, 4) is 11.5 Å². The van der Waals surface area contributed by atoms with Gasteiger partial charge in [-0.3, -0.25) is 0 Å². The first-order chi connectivity index (χ1) is 9.65. The van der Waals surface area contributed by atoms with E-state index in [1.165, 1.54) is 24.4 Å². The summed E-state index contributed by atoms with van der Waals surface area (Å²) in [6.07, 6.45) is 1.28. The zero-order valence-corrected chi connectivity index (χ0v) is 10.4. The molecule has 2 aromatic rings. The maximum absolute atomic E-state index is 11.5. The number of nitrogens with one attached hydrogen (secondary N) is 2. The first kappa shape index (κ1) is 13.4. The molecule has 6 heteroatoms. The van der Waals surface area contributed by atoms with Crippen LogP contribution in [-0.4, -0.2) is 22.5 Å². The van der Waals surface area contributed by atoms with Gasteiger partial charge in [0.05, 0.1) is 6.21 Å². The SMILES string of the molecule is O=C(N/N=C/c1ccc(O)cc1O)Nc1ccccc1. The first-order valence-electron chi connectivity index (χ1n) is 5.82. The molecule has 20 heavy (non-hydrogen) atoms. The minimum absolute atomic E-state index is 0.0468. The van der Waals surface area contributed by atoms with Crippen LogP contribution in [-0.2, 0) is 0 Å². The average molecular weight is 271 g/mol. The monoisotopic (exact) mass is 271 g/mol. The topological polar surface area (TPSA) is 94.0 Å². The lowest BCUT2D eigenvalue weighted by Gasteiger charge is -2.03. The van der Waals surface area contributed by atoms with E-state index in [0.29, 0.717) is 11.3 Å². The van der Waals surface area contributed by atoms with Crippen LogP contribution in [0.25, 0.3) is 0 Å². The van der Waals surface area contributed by atoms with Gasteiger partial charge >= 0.3 is 6.03 Å². The molecule has 0 atom stereocenters. The molecule has 0 radical (unpaired) electrons. The fourth-order valence-electron chi connectivity index (χ4n) is 1.48. The summed E-state index contributed by atoms with van der Waals surface area (Å²) in [5, 5.41) is 24.9. The Balaban J connectivity index is 1.91. The fourth-order valence-corrected chi connectivity index (χ4v) is 1.48. The highest BCUT2D eigenvalue weighted by Crippen LogP contribution is 2.20. The Morgan fingerprint density at radius 1 is 1.10 bits per heavy atom. The minimum Gasteiger partial charge on any atom is -0.508 e. The summed E-state index contributed by atoms with van der Waals surface area (Å²) in [4.78, 5) is 11.5. The van der Waals surface area contributed by atoms with Gasteiger partial charge in [-0.05, 0) is 24.3 Å². The van der Waals surface area contributed by atoms with E-state index in [4.69, 9.17) is 5.11 Å². The minimum atomic E-state index is -0.495. The van der Waals surface area contributed by atoms with Gasteiger partial charge in [-0.15, -0.1) is 0 Å².